The Labute approximate surface area is 115 Å². The number of aliphatic hydroxyl groups excluding tert-OH is 1. The van der Waals surface area contributed by atoms with Gasteiger partial charge < -0.3 is 9.84 Å². The molecule has 1 aliphatic heterocycles. The lowest BCUT2D eigenvalue weighted by atomic mass is 9.96. The van der Waals surface area contributed by atoms with Crippen LogP contribution in [-0.2, 0) is 6.54 Å². The topological polar surface area (TPSA) is 45.6 Å². The van der Waals surface area contributed by atoms with Gasteiger partial charge in [0, 0.05) is 24.3 Å². The molecule has 0 aromatic carbocycles. The fraction of sp³-hybridized carbons (Fsp3) is 0.667. The molecule has 4 heteroatoms. The van der Waals surface area contributed by atoms with Gasteiger partial charge in [-0.25, -0.2) is 4.98 Å². The van der Waals surface area contributed by atoms with Crippen LogP contribution in [0.3, 0.4) is 0 Å². The summed E-state index contributed by atoms with van der Waals surface area (Å²) in [5.41, 5.74) is 1.13. The van der Waals surface area contributed by atoms with Gasteiger partial charge in [-0.3, -0.25) is 4.90 Å². The number of rotatable bonds is 5. The van der Waals surface area contributed by atoms with Gasteiger partial charge in [0.15, 0.2) is 0 Å². The van der Waals surface area contributed by atoms with Gasteiger partial charge in [0.05, 0.1) is 13.2 Å². The molecule has 0 saturated carbocycles. The minimum Gasteiger partial charge on any atom is -0.481 e. The summed E-state index contributed by atoms with van der Waals surface area (Å²) in [5, 5.41) is 9.63. The van der Waals surface area contributed by atoms with Crippen LogP contribution in [0.15, 0.2) is 18.3 Å². The molecule has 106 valence electrons. The van der Waals surface area contributed by atoms with E-state index in [1.807, 2.05) is 13.0 Å². The molecule has 0 bridgehead atoms. The SMILES string of the molecule is COc1ncccc1CN1CCCCC1CC(C)O. The van der Waals surface area contributed by atoms with Gasteiger partial charge in [-0.1, -0.05) is 12.5 Å². The minimum atomic E-state index is -0.235. The van der Waals surface area contributed by atoms with Gasteiger partial charge in [0.1, 0.15) is 0 Å². The maximum absolute atomic E-state index is 9.63. The standard InChI is InChI=1S/C15H24N2O2/c1-12(18)10-14-7-3-4-9-17(14)11-13-6-5-8-16-15(13)19-2/h5-6,8,12,14,18H,3-4,7,9-11H2,1-2H3. The Morgan fingerprint density at radius 2 is 2.37 bits per heavy atom. The van der Waals surface area contributed by atoms with Crippen LogP contribution in [0.4, 0.5) is 0 Å². The zero-order valence-electron chi connectivity index (χ0n) is 11.9. The molecule has 2 unspecified atom stereocenters. The number of likely N-dealkylation sites (tertiary alicyclic amines) is 1. The lowest BCUT2D eigenvalue weighted by Gasteiger charge is -2.36. The summed E-state index contributed by atoms with van der Waals surface area (Å²) in [6.07, 6.45) is 6.04. The normalized spacial score (nSPS) is 22.2. The Balaban J connectivity index is 2.06. The minimum absolute atomic E-state index is 0.235. The van der Waals surface area contributed by atoms with Gasteiger partial charge in [-0.2, -0.15) is 0 Å². The smallest absolute Gasteiger partial charge is 0.217 e. The van der Waals surface area contributed by atoms with E-state index in [1.165, 1.54) is 19.3 Å². The molecule has 1 aromatic rings. The Morgan fingerprint density at radius 3 is 3.11 bits per heavy atom. The van der Waals surface area contributed by atoms with Gasteiger partial charge in [0.25, 0.3) is 0 Å². The molecule has 0 radical (unpaired) electrons. The largest absolute Gasteiger partial charge is 0.481 e. The molecule has 1 N–H and O–H groups in total. The first-order valence-corrected chi connectivity index (χ1v) is 7.10. The van der Waals surface area contributed by atoms with Crippen LogP contribution >= 0.6 is 0 Å². The van der Waals surface area contributed by atoms with E-state index in [-0.39, 0.29) is 6.10 Å². The second-order valence-electron chi connectivity index (χ2n) is 5.38. The average molecular weight is 264 g/mol. The Morgan fingerprint density at radius 1 is 1.53 bits per heavy atom. The van der Waals surface area contributed by atoms with Crippen molar-refractivity contribution in [2.75, 3.05) is 13.7 Å². The molecule has 2 rings (SSSR count). The number of pyridine rings is 1. The zero-order valence-corrected chi connectivity index (χ0v) is 11.9. The molecule has 4 nitrogen and oxygen atoms in total. The number of aliphatic hydroxyl groups is 1. The van der Waals surface area contributed by atoms with E-state index < -0.39 is 0 Å². The van der Waals surface area contributed by atoms with Crippen molar-refractivity contribution in [3.8, 4) is 5.88 Å². The highest BCUT2D eigenvalue weighted by Crippen LogP contribution is 2.25. The van der Waals surface area contributed by atoms with Crippen LogP contribution in [-0.4, -0.2) is 40.8 Å². The van der Waals surface area contributed by atoms with Crippen molar-refractivity contribution in [3.05, 3.63) is 23.9 Å². The number of nitrogens with zero attached hydrogens (tertiary/aromatic N) is 2. The maximum atomic E-state index is 9.63. The van der Waals surface area contributed by atoms with Gasteiger partial charge >= 0.3 is 0 Å². The van der Waals surface area contributed by atoms with E-state index in [1.54, 1.807) is 13.3 Å². The van der Waals surface area contributed by atoms with Gasteiger partial charge in [-0.15, -0.1) is 0 Å². The molecule has 1 aromatic heterocycles. The van der Waals surface area contributed by atoms with E-state index in [2.05, 4.69) is 16.0 Å². The number of ether oxygens (including phenoxy) is 1. The molecule has 0 aliphatic carbocycles. The third-order valence-electron chi connectivity index (χ3n) is 3.78. The highest BCUT2D eigenvalue weighted by atomic mass is 16.5. The van der Waals surface area contributed by atoms with Crippen molar-refractivity contribution < 1.29 is 9.84 Å². The lowest BCUT2D eigenvalue weighted by Crippen LogP contribution is -2.40. The van der Waals surface area contributed by atoms with Crippen LogP contribution in [0, 0.1) is 0 Å². The van der Waals surface area contributed by atoms with Gasteiger partial charge in [0.2, 0.25) is 5.88 Å². The van der Waals surface area contributed by atoms with Crippen LogP contribution < -0.4 is 4.74 Å². The lowest BCUT2D eigenvalue weighted by molar-refractivity contribution is 0.0811. The van der Waals surface area contributed by atoms with Crippen molar-refractivity contribution in [2.24, 2.45) is 0 Å². The predicted molar refractivity (Wildman–Crippen MR) is 75.1 cm³/mol. The fourth-order valence-corrected chi connectivity index (χ4v) is 2.88. The number of hydrogen-bond donors (Lipinski definition) is 1. The van der Waals surface area contributed by atoms with Crippen molar-refractivity contribution in [3.63, 3.8) is 0 Å². The predicted octanol–water partition coefficient (Wildman–Crippen LogP) is 2.22. The average Bonchev–Trinajstić information content (AvgIpc) is 2.41. The summed E-state index contributed by atoms with van der Waals surface area (Å²) < 4.78 is 5.32. The van der Waals surface area contributed by atoms with E-state index in [4.69, 9.17) is 4.74 Å². The van der Waals surface area contributed by atoms with Crippen molar-refractivity contribution in [1.29, 1.82) is 0 Å². The Hall–Kier alpha value is -1.13. The van der Waals surface area contributed by atoms with Crippen molar-refractivity contribution in [1.82, 2.24) is 9.88 Å². The summed E-state index contributed by atoms with van der Waals surface area (Å²) in [7, 11) is 1.66. The molecular weight excluding hydrogens is 240 g/mol. The molecule has 1 aliphatic rings. The number of aromatic nitrogens is 1. The van der Waals surface area contributed by atoms with Crippen molar-refractivity contribution >= 4 is 0 Å². The molecule has 2 atom stereocenters. The molecule has 1 fully saturated rings. The van der Waals surface area contributed by atoms with Crippen LogP contribution in [0.25, 0.3) is 0 Å². The summed E-state index contributed by atoms with van der Waals surface area (Å²) in [6.45, 7) is 3.82. The van der Waals surface area contributed by atoms with Crippen molar-refractivity contribution in [2.45, 2.75) is 51.3 Å². The first-order valence-electron chi connectivity index (χ1n) is 7.10. The molecule has 19 heavy (non-hydrogen) atoms. The monoisotopic (exact) mass is 264 g/mol. The van der Waals surface area contributed by atoms with Gasteiger partial charge in [-0.05, 0) is 38.8 Å². The first-order chi connectivity index (χ1) is 9.20. The molecular formula is C15H24N2O2. The Kier molecular flexibility index (Phi) is 5.16. The summed E-state index contributed by atoms with van der Waals surface area (Å²) in [4.78, 5) is 6.70. The van der Waals surface area contributed by atoms with E-state index in [0.29, 0.717) is 11.9 Å². The third kappa shape index (κ3) is 3.91. The molecule has 0 amide bonds. The van der Waals surface area contributed by atoms with E-state index in [0.717, 1.165) is 25.1 Å². The zero-order chi connectivity index (χ0) is 13.7. The van der Waals surface area contributed by atoms with E-state index in [9.17, 15) is 5.11 Å². The van der Waals surface area contributed by atoms with Crippen LogP contribution in [0.2, 0.25) is 0 Å². The number of hydrogen-bond acceptors (Lipinski definition) is 4. The van der Waals surface area contributed by atoms with Crippen LogP contribution in [0.1, 0.15) is 38.2 Å². The maximum Gasteiger partial charge on any atom is 0.217 e. The summed E-state index contributed by atoms with van der Waals surface area (Å²) in [5.74, 6) is 0.712. The van der Waals surface area contributed by atoms with E-state index >= 15 is 0 Å². The fourth-order valence-electron chi connectivity index (χ4n) is 2.88. The second kappa shape index (κ2) is 6.87. The molecule has 2 heterocycles. The molecule has 0 spiro atoms. The molecule has 1 saturated heterocycles. The quantitative estimate of drug-likeness (QED) is 0.885. The summed E-state index contributed by atoms with van der Waals surface area (Å²) >= 11 is 0. The number of piperidine rings is 1. The second-order valence-corrected chi connectivity index (χ2v) is 5.38. The number of methoxy groups -OCH3 is 1. The summed E-state index contributed by atoms with van der Waals surface area (Å²) in [6, 6.07) is 4.49. The third-order valence-corrected chi connectivity index (χ3v) is 3.78. The Bertz CT molecular complexity index is 395. The first kappa shape index (κ1) is 14.3. The highest BCUT2D eigenvalue weighted by molar-refractivity contribution is 5.25. The van der Waals surface area contributed by atoms with Crippen LogP contribution in [0.5, 0.6) is 5.88 Å². The highest BCUT2D eigenvalue weighted by Gasteiger charge is 2.24.